The van der Waals surface area contributed by atoms with Gasteiger partial charge in [0.25, 0.3) is 5.91 Å². The smallest absolute Gasteiger partial charge is 0.254 e. The van der Waals surface area contributed by atoms with Crippen molar-refractivity contribution in [2.75, 3.05) is 26.2 Å². The number of ether oxygens (including phenoxy) is 1. The Bertz CT molecular complexity index is 743. The van der Waals surface area contributed by atoms with Gasteiger partial charge in [0.15, 0.2) is 0 Å². The topological polar surface area (TPSA) is 67.4 Å². The van der Waals surface area contributed by atoms with Gasteiger partial charge in [0.05, 0.1) is 17.3 Å². The SMILES string of the molecule is CCc1ncc(C(=O)NC[C@H]2[C@H]3CN(CCC=C(C)C)C[C@]34CC[C@H]2O4)cn1. The zero-order valence-corrected chi connectivity index (χ0v) is 17.3. The van der Waals surface area contributed by atoms with E-state index < -0.39 is 0 Å². The Kier molecular flexibility index (Phi) is 5.52. The van der Waals surface area contributed by atoms with E-state index in [1.165, 1.54) is 5.57 Å². The molecule has 6 nitrogen and oxygen atoms in total. The van der Waals surface area contributed by atoms with E-state index in [1.807, 2.05) is 6.92 Å². The van der Waals surface area contributed by atoms with Crippen LogP contribution in [-0.4, -0.2) is 58.7 Å². The average Bonchev–Trinajstić information content (AvgIpc) is 3.34. The minimum absolute atomic E-state index is 0.0247. The first-order chi connectivity index (χ1) is 13.5. The fraction of sp³-hybridized carbons (Fsp3) is 0.682. The first-order valence-electron chi connectivity index (χ1n) is 10.6. The lowest BCUT2D eigenvalue weighted by Crippen LogP contribution is -2.42. The highest BCUT2D eigenvalue weighted by atomic mass is 16.5. The second kappa shape index (κ2) is 7.91. The monoisotopic (exact) mass is 384 g/mol. The van der Waals surface area contributed by atoms with Crippen LogP contribution in [0, 0.1) is 11.8 Å². The van der Waals surface area contributed by atoms with Gasteiger partial charge in [-0.25, -0.2) is 9.97 Å². The van der Waals surface area contributed by atoms with Gasteiger partial charge < -0.3 is 10.1 Å². The molecular weight excluding hydrogens is 352 g/mol. The molecule has 1 amide bonds. The molecule has 0 radical (unpaired) electrons. The molecule has 152 valence electrons. The standard InChI is InChI=1S/C22H32N4O2/c1-4-20-23-10-16(11-24-20)21(27)25-12-17-18-13-26(9-5-6-15(2)3)14-22(18)8-7-19(17)28-22/h6,10-11,17-19H,4-5,7-9,12-14H2,1-3H3,(H,25,27)/t17-,18+,19+,22+/m0/s1. The quantitative estimate of drug-likeness (QED) is 0.732. The predicted molar refractivity (Wildman–Crippen MR) is 108 cm³/mol. The van der Waals surface area contributed by atoms with Gasteiger partial charge in [-0.3, -0.25) is 9.69 Å². The zero-order valence-electron chi connectivity index (χ0n) is 17.3. The van der Waals surface area contributed by atoms with Crippen LogP contribution in [0.1, 0.15) is 56.2 Å². The Morgan fingerprint density at radius 1 is 1.39 bits per heavy atom. The summed E-state index contributed by atoms with van der Waals surface area (Å²) >= 11 is 0. The summed E-state index contributed by atoms with van der Waals surface area (Å²) < 4.78 is 6.49. The molecular formula is C22H32N4O2. The van der Waals surface area contributed by atoms with Crippen molar-refractivity contribution >= 4 is 5.91 Å². The van der Waals surface area contributed by atoms with E-state index in [0.29, 0.717) is 30.0 Å². The van der Waals surface area contributed by atoms with E-state index >= 15 is 0 Å². The number of aryl methyl sites for hydroxylation is 1. The lowest BCUT2D eigenvalue weighted by Gasteiger charge is -2.29. The van der Waals surface area contributed by atoms with Gasteiger partial charge in [0.2, 0.25) is 0 Å². The van der Waals surface area contributed by atoms with Crippen LogP contribution in [0.15, 0.2) is 24.0 Å². The van der Waals surface area contributed by atoms with E-state index in [0.717, 1.165) is 51.1 Å². The number of carbonyl (C=O) groups is 1. The van der Waals surface area contributed by atoms with E-state index in [9.17, 15) is 4.79 Å². The van der Waals surface area contributed by atoms with Gasteiger partial charge >= 0.3 is 0 Å². The van der Waals surface area contributed by atoms with Gasteiger partial charge in [-0.15, -0.1) is 0 Å². The number of hydrogen-bond donors (Lipinski definition) is 1. The molecule has 0 aliphatic carbocycles. The minimum Gasteiger partial charge on any atom is -0.370 e. The van der Waals surface area contributed by atoms with Crippen molar-refractivity contribution in [2.45, 2.75) is 58.2 Å². The molecule has 0 aromatic carbocycles. The highest BCUT2D eigenvalue weighted by Crippen LogP contribution is 2.54. The summed E-state index contributed by atoms with van der Waals surface area (Å²) in [6, 6.07) is 0. The Labute approximate surface area is 167 Å². The lowest BCUT2D eigenvalue weighted by atomic mass is 9.73. The molecule has 1 aromatic heterocycles. The number of nitrogens with one attached hydrogen (secondary N) is 1. The van der Waals surface area contributed by atoms with Crippen molar-refractivity contribution in [3.63, 3.8) is 0 Å². The predicted octanol–water partition coefficient (Wildman–Crippen LogP) is 2.60. The maximum Gasteiger partial charge on any atom is 0.254 e. The summed E-state index contributed by atoms with van der Waals surface area (Å²) in [5.41, 5.74) is 1.94. The van der Waals surface area contributed by atoms with Crippen molar-refractivity contribution in [2.24, 2.45) is 11.8 Å². The summed E-state index contributed by atoms with van der Waals surface area (Å²) in [4.78, 5) is 23.5. The molecule has 1 spiro atoms. The molecule has 3 fully saturated rings. The van der Waals surface area contributed by atoms with Crippen molar-refractivity contribution in [3.8, 4) is 0 Å². The summed E-state index contributed by atoms with van der Waals surface area (Å²) in [6.07, 6.45) is 10.0. The minimum atomic E-state index is -0.0853. The molecule has 4 atom stereocenters. The number of fused-ring (bicyclic) bond motifs is 1. The van der Waals surface area contributed by atoms with Crippen LogP contribution < -0.4 is 5.32 Å². The van der Waals surface area contributed by atoms with Crippen LogP contribution in [0.5, 0.6) is 0 Å². The summed E-state index contributed by atoms with van der Waals surface area (Å²) in [7, 11) is 0. The third-order valence-electron chi connectivity index (χ3n) is 6.63. The maximum absolute atomic E-state index is 12.5. The lowest BCUT2D eigenvalue weighted by molar-refractivity contribution is 0.00290. The van der Waals surface area contributed by atoms with Gasteiger partial charge in [0.1, 0.15) is 5.82 Å². The number of amides is 1. The number of hydrogen-bond acceptors (Lipinski definition) is 5. The van der Waals surface area contributed by atoms with Crippen LogP contribution in [0.2, 0.25) is 0 Å². The molecule has 2 bridgehead atoms. The zero-order chi connectivity index (χ0) is 19.7. The normalized spacial score (nSPS) is 31.0. The molecule has 1 aromatic rings. The molecule has 4 rings (SSSR count). The van der Waals surface area contributed by atoms with Crippen molar-refractivity contribution in [1.29, 1.82) is 0 Å². The fourth-order valence-electron chi connectivity index (χ4n) is 5.23. The first kappa shape index (κ1) is 19.5. The van der Waals surface area contributed by atoms with Crippen LogP contribution in [-0.2, 0) is 11.2 Å². The van der Waals surface area contributed by atoms with Crippen LogP contribution in [0.4, 0.5) is 0 Å². The van der Waals surface area contributed by atoms with E-state index in [4.69, 9.17) is 4.74 Å². The number of carbonyl (C=O) groups excluding carboxylic acids is 1. The molecule has 0 saturated carbocycles. The number of aromatic nitrogens is 2. The molecule has 3 saturated heterocycles. The highest BCUT2D eigenvalue weighted by molar-refractivity contribution is 5.93. The first-order valence-corrected chi connectivity index (χ1v) is 10.6. The number of nitrogens with zero attached hydrogens (tertiary/aromatic N) is 3. The molecule has 28 heavy (non-hydrogen) atoms. The van der Waals surface area contributed by atoms with E-state index in [2.05, 4.69) is 40.1 Å². The van der Waals surface area contributed by atoms with Crippen LogP contribution in [0.25, 0.3) is 0 Å². The molecule has 3 aliphatic rings. The largest absolute Gasteiger partial charge is 0.370 e. The Morgan fingerprint density at radius 3 is 2.89 bits per heavy atom. The number of rotatable bonds is 7. The van der Waals surface area contributed by atoms with Gasteiger partial charge in [-0.1, -0.05) is 18.6 Å². The summed E-state index contributed by atoms with van der Waals surface area (Å²) in [6.45, 7) is 10.2. The van der Waals surface area contributed by atoms with Crippen molar-refractivity contribution in [1.82, 2.24) is 20.2 Å². The molecule has 4 heterocycles. The molecule has 1 N–H and O–H groups in total. The third kappa shape index (κ3) is 3.72. The van der Waals surface area contributed by atoms with E-state index in [1.54, 1.807) is 12.4 Å². The maximum atomic E-state index is 12.5. The Hall–Kier alpha value is -1.79. The van der Waals surface area contributed by atoms with Crippen LogP contribution >= 0.6 is 0 Å². The average molecular weight is 385 g/mol. The fourth-order valence-corrected chi connectivity index (χ4v) is 5.23. The number of likely N-dealkylation sites (tertiary alicyclic amines) is 1. The van der Waals surface area contributed by atoms with Gasteiger partial charge in [0, 0.05) is 56.8 Å². The molecule has 0 unspecified atom stereocenters. The molecule has 6 heteroatoms. The number of allylic oxidation sites excluding steroid dienone is 1. The Morgan fingerprint density at radius 2 is 2.18 bits per heavy atom. The molecule has 3 aliphatic heterocycles. The summed E-state index contributed by atoms with van der Waals surface area (Å²) in [5, 5.41) is 3.12. The highest BCUT2D eigenvalue weighted by Gasteiger charge is 2.62. The van der Waals surface area contributed by atoms with Crippen LogP contribution in [0.3, 0.4) is 0 Å². The van der Waals surface area contributed by atoms with E-state index in [-0.39, 0.29) is 11.5 Å². The summed E-state index contributed by atoms with van der Waals surface area (Å²) in [5.74, 6) is 1.61. The second-order valence-electron chi connectivity index (χ2n) is 8.79. The van der Waals surface area contributed by atoms with Gasteiger partial charge in [-0.2, -0.15) is 0 Å². The van der Waals surface area contributed by atoms with Crippen molar-refractivity contribution < 1.29 is 9.53 Å². The second-order valence-corrected chi connectivity index (χ2v) is 8.79. The van der Waals surface area contributed by atoms with Crippen molar-refractivity contribution in [3.05, 3.63) is 35.4 Å². The Balaban J connectivity index is 1.35. The third-order valence-corrected chi connectivity index (χ3v) is 6.63. The van der Waals surface area contributed by atoms with Gasteiger partial charge in [-0.05, 0) is 33.1 Å².